The number of hydrogen-bond acceptors (Lipinski definition) is 7. The van der Waals surface area contributed by atoms with Gasteiger partial charge in [-0.1, -0.05) is 5.16 Å². The number of rotatable bonds is 3. The number of nitro groups is 1. The molecule has 0 amide bonds. The Morgan fingerprint density at radius 1 is 1.48 bits per heavy atom. The predicted octanol–water partition coefficient (Wildman–Crippen LogP) is 2.11. The second kappa shape index (κ2) is 5.38. The summed E-state index contributed by atoms with van der Waals surface area (Å²) in [6.45, 7) is 1.73. The lowest BCUT2D eigenvalue weighted by Crippen LogP contribution is -2.44. The summed E-state index contributed by atoms with van der Waals surface area (Å²) in [7, 11) is 0. The van der Waals surface area contributed by atoms with Crippen molar-refractivity contribution < 1.29 is 9.45 Å². The third-order valence-corrected chi connectivity index (χ3v) is 3.63. The topological polar surface area (TPSA) is 121 Å². The number of aromatic nitrogens is 3. The van der Waals surface area contributed by atoms with Crippen LogP contribution in [-0.4, -0.2) is 20.0 Å². The van der Waals surface area contributed by atoms with Gasteiger partial charge in [-0.15, -0.1) is 12.4 Å². The van der Waals surface area contributed by atoms with Gasteiger partial charge in [0.2, 0.25) is 0 Å². The zero-order valence-electron chi connectivity index (χ0n) is 11.3. The maximum atomic E-state index is 10.8. The average Bonchev–Trinajstić information content (AvgIpc) is 2.86. The summed E-state index contributed by atoms with van der Waals surface area (Å²) in [4.78, 5) is 18.5. The van der Waals surface area contributed by atoms with Gasteiger partial charge in [-0.05, 0) is 26.2 Å². The van der Waals surface area contributed by atoms with E-state index in [1.165, 1.54) is 12.3 Å². The van der Waals surface area contributed by atoms with Gasteiger partial charge in [0.15, 0.2) is 5.82 Å². The number of aryl methyl sites for hydroxylation is 1. The highest BCUT2D eigenvalue weighted by Crippen LogP contribution is 2.38. The minimum Gasteiger partial charge on any atom is -0.334 e. The Kier molecular flexibility index (Phi) is 3.93. The van der Waals surface area contributed by atoms with Crippen molar-refractivity contribution in [1.82, 2.24) is 15.1 Å². The molecule has 8 nitrogen and oxygen atoms in total. The zero-order valence-corrected chi connectivity index (χ0v) is 12.1. The molecule has 0 atom stereocenters. The van der Waals surface area contributed by atoms with Crippen LogP contribution in [-0.2, 0) is 5.54 Å². The second-order valence-corrected chi connectivity index (χ2v) is 5.02. The molecular weight excluding hydrogens is 298 g/mol. The lowest BCUT2D eigenvalue weighted by Gasteiger charge is -2.34. The molecular formula is C12H14ClN5O3. The first-order valence-electron chi connectivity index (χ1n) is 6.24. The quantitative estimate of drug-likeness (QED) is 0.680. The zero-order chi connectivity index (χ0) is 14.3. The molecule has 1 aliphatic rings. The summed E-state index contributed by atoms with van der Waals surface area (Å²) in [5.41, 5.74) is 6.53. The van der Waals surface area contributed by atoms with Gasteiger partial charge in [0.1, 0.15) is 6.20 Å². The molecule has 0 bridgehead atoms. The van der Waals surface area contributed by atoms with Crippen LogP contribution in [0.2, 0.25) is 0 Å². The van der Waals surface area contributed by atoms with Gasteiger partial charge in [0.05, 0.1) is 21.7 Å². The summed E-state index contributed by atoms with van der Waals surface area (Å²) in [5.74, 6) is 0.662. The number of pyridine rings is 1. The van der Waals surface area contributed by atoms with Crippen molar-refractivity contribution in [2.75, 3.05) is 0 Å². The van der Waals surface area contributed by atoms with Crippen LogP contribution in [0.25, 0.3) is 11.5 Å². The number of halogens is 1. The number of nitrogens with zero attached hydrogens (tertiary/aromatic N) is 4. The lowest BCUT2D eigenvalue weighted by molar-refractivity contribution is -0.385. The minimum absolute atomic E-state index is 0. The van der Waals surface area contributed by atoms with E-state index in [0.29, 0.717) is 17.1 Å². The van der Waals surface area contributed by atoms with Gasteiger partial charge in [-0.25, -0.2) is 0 Å². The Labute approximate surface area is 126 Å². The van der Waals surface area contributed by atoms with Gasteiger partial charge >= 0.3 is 0 Å². The molecule has 21 heavy (non-hydrogen) atoms. The summed E-state index contributed by atoms with van der Waals surface area (Å²) in [6, 6.07) is 1.38. The molecule has 0 aliphatic heterocycles. The SMILES string of the molecule is Cc1ncc([N+](=O)[O-])cc1-c1nc(C2(N)CCC2)no1.Cl. The monoisotopic (exact) mass is 311 g/mol. The largest absolute Gasteiger partial charge is 0.334 e. The van der Waals surface area contributed by atoms with Crippen LogP contribution < -0.4 is 5.73 Å². The second-order valence-electron chi connectivity index (χ2n) is 5.02. The maximum Gasteiger partial charge on any atom is 0.288 e. The van der Waals surface area contributed by atoms with Crippen molar-refractivity contribution in [1.29, 1.82) is 0 Å². The smallest absolute Gasteiger partial charge is 0.288 e. The van der Waals surface area contributed by atoms with Crippen molar-refractivity contribution >= 4 is 18.1 Å². The number of hydrogen-bond donors (Lipinski definition) is 1. The van der Waals surface area contributed by atoms with Gasteiger partial charge in [-0.2, -0.15) is 4.98 Å². The Hall–Kier alpha value is -2.06. The third-order valence-electron chi connectivity index (χ3n) is 3.63. The fourth-order valence-corrected chi connectivity index (χ4v) is 2.15. The van der Waals surface area contributed by atoms with Gasteiger partial charge in [-0.3, -0.25) is 15.1 Å². The summed E-state index contributed by atoms with van der Waals surface area (Å²) >= 11 is 0. The lowest BCUT2D eigenvalue weighted by atomic mass is 9.77. The Balaban J connectivity index is 0.00000161. The molecule has 2 N–H and O–H groups in total. The molecule has 2 aromatic rings. The Morgan fingerprint density at radius 3 is 2.76 bits per heavy atom. The van der Waals surface area contributed by atoms with Gasteiger partial charge < -0.3 is 10.3 Å². The third kappa shape index (κ3) is 2.59. The van der Waals surface area contributed by atoms with Crippen LogP contribution >= 0.6 is 12.4 Å². The van der Waals surface area contributed by atoms with E-state index in [0.717, 1.165) is 19.3 Å². The fraction of sp³-hybridized carbons (Fsp3) is 0.417. The van der Waals surface area contributed by atoms with Crippen LogP contribution in [0.5, 0.6) is 0 Å². The van der Waals surface area contributed by atoms with E-state index >= 15 is 0 Å². The fourth-order valence-electron chi connectivity index (χ4n) is 2.15. The summed E-state index contributed by atoms with van der Waals surface area (Å²) in [5, 5.41) is 14.7. The summed E-state index contributed by atoms with van der Waals surface area (Å²) in [6.07, 6.45) is 3.88. The van der Waals surface area contributed by atoms with Gasteiger partial charge in [0, 0.05) is 6.07 Å². The van der Waals surface area contributed by atoms with Crippen LogP contribution in [0.1, 0.15) is 30.8 Å². The minimum atomic E-state index is -0.524. The first-order valence-corrected chi connectivity index (χ1v) is 6.24. The van der Waals surface area contributed by atoms with Crippen molar-refractivity contribution in [2.24, 2.45) is 5.73 Å². The van der Waals surface area contributed by atoms with E-state index in [9.17, 15) is 10.1 Å². The average molecular weight is 312 g/mol. The van der Waals surface area contributed by atoms with E-state index in [2.05, 4.69) is 15.1 Å². The highest BCUT2D eigenvalue weighted by atomic mass is 35.5. The highest BCUT2D eigenvalue weighted by molar-refractivity contribution is 5.85. The predicted molar refractivity (Wildman–Crippen MR) is 75.9 cm³/mol. The normalized spacial score (nSPS) is 15.9. The molecule has 3 rings (SSSR count). The Morgan fingerprint density at radius 2 is 2.19 bits per heavy atom. The van der Waals surface area contributed by atoms with E-state index in [-0.39, 0.29) is 24.0 Å². The molecule has 1 fully saturated rings. The maximum absolute atomic E-state index is 10.8. The molecule has 1 saturated carbocycles. The Bertz CT molecular complexity index is 683. The molecule has 2 heterocycles. The summed E-state index contributed by atoms with van der Waals surface area (Å²) < 4.78 is 5.18. The van der Waals surface area contributed by atoms with Crippen molar-refractivity contribution in [3.63, 3.8) is 0 Å². The van der Waals surface area contributed by atoms with Crippen molar-refractivity contribution in [3.05, 3.63) is 33.9 Å². The first-order chi connectivity index (χ1) is 9.49. The molecule has 9 heteroatoms. The van der Waals surface area contributed by atoms with Gasteiger partial charge in [0.25, 0.3) is 11.6 Å². The van der Waals surface area contributed by atoms with Crippen LogP contribution in [0, 0.1) is 17.0 Å². The molecule has 0 spiro atoms. The molecule has 0 aromatic carbocycles. The van der Waals surface area contributed by atoms with Crippen LogP contribution in [0.3, 0.4) is 0 Å². The standard InChI is InChI=1S/C12H13N5O3.ClH/c1-7-9(5-8(6-14-7)17(18)19)10-15-11(16-20-10)12(13)3-2-4-12;/h5-6H,2-4,13H2,1H3;1H. The van der Waals surface area contributed by atoms with Crippen LogP contribution in [0.4, 0.5) is 5.69 Å². The molecule has 0 unspecified atom stereocenters. The van der Waals surface area contributed by atoms with Crippen molar-refractivity contribution in [2.45, 2.75) is 31.7 Å². The molecule has 112 valence electrons. The van der Waals surface area contributed by atoms with E-state index in [1.807, 2.05) is 0 Å². The van der Waals surface area contributed by atoms with E-state index in [1.54, 1.807) is 6.92 Å². The first kappa shape index (κ1) is 15.3. The molecule has 0 saturated heterocycles. The van der Waals surface area contributed by atoms with Crippen molar-refractivity contribution in [3.8, 4) is 11.5 Å². The van der Waals surface area contributed by atoms with E-state index in [4.69, 9.17) is 10.3 Å². The molecule has 2 aromatic heterocycles. The van der Waals surface area contributed by atoms with Crippen LogP contribution in [0.15, 0.2) is 16.8 Å². The number of nitrogens with two attached hydrogens (primary N) is 1. The molecule has 0 radical (unpaired) electrons. The molecule has 1 aliphatic carbocycles. The highest BCUT2D eigenvalue weighted by Gasteiger charge is 2.39. The van der Waals surface area contributed by atoms with E-state index < -0.39 is 10.5 Å².